The van der Waals surface area contributed by atoms with Crippen LogP contribution in [-0.2, 0) is 36.5 Å². The Hall–Kier alpha value is -1.67. The fraction of sp³-hybridized carbons (Fsp3) is 0.538. The molecule has 114 valence electrons. The highest BCUT2D eigenvalue weighted by molar-refractivity contribution is 7.89. The Morgan fingerprint density at radius 3 is 2.86 bits per heavy atom. The number of fused-ring (bicyclic) bond motifs is 1. The number of aromatic nitrogens is 3. The van der Waals surface area contributed by atoms with E-state index in [2.05, 4.69) is 15.0 Å². The van der Waals surface area contributed by atoms with Crippen molar-refractivity contribution in [3.63, 3.8) is 0 Å². The van der Waals surface area contributed by atoms with Crippen LogP contribution in [0.4, 0.5) is 0 Å². The number of nitrogens with one attached hydrogen (secondary N) is 1. The van der Waals surface area contributed by atoms with E-state index in [0.29, 0.717) is 5.76 Å². The summed E-state index contributed by atoms with van der Waals surface area (Å²) in [4.78, 5) is 0. The molecule has 0 saturated heterocycles. The van der Waals surface area contributed by atoms with E-state index in [1.807, 2.05) is 0 Å². The summed E-state index contributed by atoms with van der Waals surface area (Å²) >= 11 is 0. The van der Waals surface area contributed by atoms with Gasteiger partial charge in [0.15, 0.2) is 5.03 Å². The Morgan fingerprint density at radius 1 is 1.38 bits per heavy atom. The van der Waals surface area contributed by atoms with Gasteiger partial charge >= 0.3 is 0 Å². The van der Waals surface area contributed by atoms with Crippen molar-refractivity contribution in [2.24, 2.45) is 7.05 Å². The number of nitrogens with zero attached hydrogens (tertiary/aromatic N) is 3. The second kappa shape index (κ2) is 5.27. The van der Waals surface area contributed by atoms with Crippen LogP contribution in [0.2, 0.25) is 0 Å². The third-order valence-corrected chi connectivity index (χ3v) is 5.36. The Kier molecular flexibility index (Phi) is 3.58. The Balaban J connectivity index is 1.88. The molecule has 1 aliphatic carbocycles. The summed E-state index contributed by atoms with van der Waals surface area (Å²) in [6, 6.07) is 0. The lowest BCUT2D eigenvalue weighted by molar-refractivity contribution is 0.396. The van der Waals surface area contributed by atoms with Gasteiger partial charge in [0.25, 0.3) is 10.0 Å². The van der Waals surface area contributed by atoms with E-state index in [-0.39, 0.29) is 11.6 Å². The lowest BCUT2D eigenvalue weighted by atomic mass is 9.99. The van der Waals surface area contributed by atoms with Gasteiger partial charge in [-0.1, -0.05) is 5.16 Å². The van der Waals surface area contributed by atoms with Crippen molar-refractivity contribution >= 4 is 10.0 Å². The third-order valence-electron chi connectivity index (χ3n) is 3.82. The monoisotopic (exact) mass is 310 g/mol. The summed E-state index contributed by atoms with van der Waals surface area (Å²) in [5.74, 6) is 0.615. The molecule has 0 aromatic carbocycles. The summed E-state index contributed by atoms with van der Waals surface area (Å²) in [7, 11) is -1.92. The van der Waals surface area contributed by atoms with Gasteiger partial charge in [0.05, 0.1) is 11.9 Å². The molecule has 0 fully saturated rings. The van der Waals surface area contributed by atoms with Gasteiger partial charge in [-0.2, -0.15) is 5.10 Å². The number of aryl methyl sites for hydroxylation is 3. The van der Waals surface area contributed by atoms with Crippen LogP contribution in [0, 0.1) is 6.92 Å². The van der Waals surface area contributed by atoms with Crippen molar-refractivity contribution in [3.05, 3.63) is 28.8 Å². The van der Waals surface area contributed by atoms with Crippen molar-refractivity contribution in [3.8, 4) is 0 Å². The minimum Gasteiger partial charge on any atom is -0.361 e. The van der Waals surface area contributed by atoms with Gasteiger partial charge in [-0.05, 0) is 32.6 Å². The summed E-state index contributed by atoms with van der Waals surface area (Å²) in [6.07, 6.45) is 5.22. The van der Waals surface area contributed by atoms with Gasteiger partial charge < -0.3 is 4.52 Å². The van der Waals surface area contributed by atoms with E-state index >= 15 is 0 Å². The predicted molar refractivity (Wildman–Crippen MR) is 75.1 cm³/mol. The minimum absolute atomic E-state index is 0.164. The van der Waals surface area contributed by atoms with Crippen molar-refractivity contribution in [1.29, 1.82) is 0 Å². The van der Waals surface area contributed by atoms with Gasteiger partial charge in [-0.3, -0.25) is 4.68 Å². The molecule has 0 aliphatic heterocycles. The molecule has 7 nitrogen and oxygen atoms in total. The van der Waals surface area contributed by atoms with Gasteiger partial charge in [0.2, 0.25) is 0 Å². The van der Waals surface area contributed by atoms with Crippen LogP contribution < -0.4 is 4.72 Å². The molecule has 2 heterocycles. The van der Waals surface area contributed by atoms with Crippen molar-refractivity contribution < 1.29 is 12.9 Å². The lowest BCUT2D eigenvalue weighted by Gasteiger charge is -2.12. The molecule has 8 heteroatoms. The SMILES string of the molecule is Cc1oncc1CNS(=O)(=O)c1c2c(nn1C)CCCC2. The number of hydrogen-bond acceptors (Lipinski definition) is 5. The highest BCUT2D eigenvalue weighted by Gasteiger charge is 2.28. The zero-order valence-electron chi connectivity index (χ0n) is 12.1. The third kappa shape index (κ3) is 2.60. The average molecular weight is 310 g/mol. The fourth-order valence-corrected chi connectivity index (χ4v) is 4.13. The average Bonchev–Trinajstić information content (AvgIpc) is 2.99. The zero-order valence-corrected chi connectivity index (χ0v) is 12.9. The molecule has 0 spiro atoms. The quantitative estimate of drug-likeness (QED) is 0.912. The maximum absolute atomic E-state index is 12.6. The van der Waals surface area contributed by atoms with Crippen LogP contribution >= 0.6 is 0 Å². The Labute approximate surface area is 123 Å². The van der Waals surface area contributed by atoms with Crippen molar-refractivity contribution in [2.75, 3.05) is 0 Å². The smallest absolute Gasteiger partial charge is 0.258 e. The zero-order chi connectivity index (χ0) is 15.0. The molecule has 2 aromatic heterocycles. The van der Waals surface area contributed by atoms with Crippen LogP contribution in [0.5, 0.6) is 0 Å². The van der Waals surface area contributed by atoms with Crippen LogP contribution in [0.25, 0.3) is 0 Å². The highest BCUT2D eigenvalue weighted by atomic mass is 32.2. The van der Waals surface area contributed by atoms with E-state index in [0.717, 1.165) is 42.5 Å². The molecule has 0 radical (unpaired) electrons. The molecule has 21 heavy (non-hydrogen) atoms. The van der Waals surface area contributed by atoms with Gasteiger partial charge in [-0.15, -0.1) is 0 Å². The van der Waals surface area contributed by atoms with Crippen LogP contribution in [0.1, 0.15) is 35.4 Å². The van der Waals surface area contributed by atoms with E-state index in [4.69, 9.17) is 4.52 Å². The largest absolute Gasteiger partial charge is 0.361 e. The van der Waals surface area contributed by atoms with Crippen molar-refractivity contribution in [2.45, 2.75) is 44.2 Å². The summed E-state index contributed by atoms with van der Waals surface area (Å²) in [5.41, 5.74) is 2.50. The summed E-state index contributed by atoms with van der Waals surface area (Å²) < 4.78 is 34.1. The Morgan fingerprint density at radius 2 is 2.14 bits per heavy atom. The van der Waals surface area contributed by atoms with E-state index in [9.17, 15) is 8.42 Å². The first-order valence-corrected chi connectivity index (χ1v) is 8.42. The first kappa shape index (κ1) is 14.3. The van der Waals surface area contributed by atoms with E-state index < -0.39 is 10.0 Å². The maximum atomic E-state index is 12.6. The predicted octanol–water partition coefficient (Wildman–Crippen LogP) is 1.07. The minimum atomic E-state index is -3.60. The molecular formula is C13H18N4O3S. The fourth-order valence-electron chi connectivity index (χ4n) is 2.72. The second-order valence-corrected chi connectivity index (χ2v) is 6.98. The number of sulfonamides is 1. The normalized spacial score (nSPS) is 15.1. The number of rotatable bonds is 4. The van der Waals surface area contributed by atoms with Gasteiger partial charge in [-0.25, -0.2) is 13.1 Å². The first-order valence-electron chi connectivity index (χ1n) is 6.93. The van der Waals surface area contributed by atoms with Gasteiger partial charge in [0.1, 0.15) is 5.76 Å². The standard InChI is InChI=1S/C13H18N4O3S/c1-9-10(7-14-20-9)8-15-21(18,19)13-11-5-3-4-6-12(11)16-17(13)2/h7,15H,3-6,8H2,1-2H3. The van der Waals surface area contributed by atoms with E-state index in [1.54, 1.807) is 14.0 Å². The molecule has 0 unspecified atom stereocenters. The highest BCUT2D eigenvalue weighted by Crippen LogP contribution is 2.26. The van der Waals surface area contributed by atoms with Crippen molar-refractivity contribution in [1.82, 2.24) is 19.7 Å². The summed E-state index contributed by atoms with van der Waals surface area (Å²) in [6.45, 7) is 1.92. The molecule has 0 atom stereocenters. The van der Waals surface area contributed by atoms with Crippen LogP contribution in [0.3, 0.4) is 0 Å². The van der Waals surface area contributed by atoms with E-state index in [1.165, 1.54) is 10.9 Å². The molecule has 0 amide bonds. The topological polar surface area (TPSA) is 90.0 Å². The first-order chi connectivity index (χ1) is 9.99. The molecule has 3 rings (SSSR count). The molecular weight excluding hydrogens is 292 g/mol. The molecule has 1 aliphatic rings. The number of hydrogen-bond donors (Lipinski definition) is 1. The van der Waals surface area contributed by atoms with Gasteiger partial charge in [0, 0.05) is 24.7 Å². The van der Waals surface area contributed by atoms with Crippen LogP contribution in [-0.4, -0.2) is 23.4 Å². The molecule has 2 aromatic rings. The molecule has 1 N–H and O–H groups in total. The molecule has 0 saturated carbocycles. The molecule has 0 bridgehead atoms. The lowest BCUT2D eigenvalue weighted by Crippen LogP contribution is -2.26. The maximum Gasteiger partial charge on any atom is 0.258 e. The second-order valence-electron chi connectivity index (χ2n) is 5.29. The Bertz CT molecular complexity index is 760. The summed E-state index contributed by atoms with van der Waals surface area (Å²) in [5, 5.41) is 8.28. The van der Waals surface area contributed by atoms with Crippen LogP contribution in [0.15, 0.2) is 15.7 Å².